The summed E-state index contributed by atoms with van der Waals surface area (Å²) in [7, 11) is 0. The van der Waals surface area contributed by atoms with Crippen molar-refractivity contribution in [2.75, 3.05) is 13.2 Å². The molecule has 8 nitrogen and oxygen atoms in total. The first-order valence-electron chi connectivity index (χ1n) is 19.6. The number of carbonyl (C=O) groups is 1. The molecule has 0 aromatic heterocycles. The quantitative estimate of drug-likeness (QED) is 0.118. The topological polar surface area (TPSA) is 117 Å². The van der Waals surface area contributed by atoms with E-state index in [1.54, 1.807) is 19.4 Å². The second kappa shape index (κ2) is 15.6. The highest BCUT2D eigenvalue weighted by molar-refractivity contribution is 5.67. The molecule has 1 amide bonds. The van der Waals surface area contributed by atoms with Gasteiger partial charge in [-0.25, -0.2) is 4.79 Å². The first-order valence-corrected chi connectivity index (χ1v) is 19.6. The van der Waals surface area contributed by atoms with Crippen molar-refractivity contribution in [3.63, 3.8) is 0 Å². The van der Waals surface area contributed by atoms with Gasteiger partial charge in [0, 0.05) is 19.6 Å². The first-order chi connectivity index (χ1) is 22.7. The van der Waals surface area contributed by atoms with Crippen molar-refractivity contribution in [1.29, 1.82) is 0 Å². The Morgan fingerprint density at radius 3 is 2.46 bits per heavy atom. The molecule has 4 N–H and O–H groups in total. The molecule has 48 heavy (non-hydrogen) atoms. The van der Waals surface area contributed by atoms with Crippen LogP contribution in [-0.2, 0) is 14.2 Å². The van der Waals surface area contributed by atoms with E-state index >= 15 is 0 Å². The molecule has 0 aromatic rings. The molecule has 9 unspecified atom stereocenters. The van der Waals surface area contributed by atoms with Crippen molar-refractivity contribution in [3.8, 4) is 0 Å². The van der Waals surface area contributed by atoms with Crippen LogP contribution in [0.2, 0.25) is 0 Å². The number of nitrogens with one attached hydrogen (secondary N) is 1. The molecule has 0 radical (unpaired) electrons. The summed E-state index contributed by atoms with van der Waals surface area (Å²) in [5.74, 6) is 4.96. The fourth-order valence-electron chi connectivity index (χ4n) is 11.1. The van der Waals surface area contributed by atoms with Crippen LogP contribution < -0.4 is 5.32 Å². The van der Waals surface area contributed by atoms with Gasteiger partial charge in [-0.05, 0) is 124 Å². The number of aliphatic hydroxyl groups is 3. The van der Waals surface area contributed by atoms with Crippen LogP contribution in [0.3, 0.4) is 0 Å². The zero-order valence-corrected chi connectivity index (χ0v) is 31.2. The molecular formula is C40H69NO7. The van der Waals surface area contributed by atoms with Crippen LogP contribution in [0.15, 0.2) is 11.6 Å². The maximum absolute atomic E-state index is 12.7. The summed E-state index contributed by atoms with van der Waals surface area (Å²) in [6.07, 6.45) is 13.6. The van der Waals surface area contributed by atoms with Gasteiger partial charge in [0.2, 0.25) is 0 Å². The smallest absolute Gasteiger partial charge is 0.407 e. The van der Waals surface area contributed by atoms with Crippen molar-refractivity contribution in [2.24, 2.45) is 46.3 Å². The van der Waals surface area contributed by atoms with Crippen molar-refractivity contribution >= 4 is 6.09 Å². The molecule has 0 bridgehead atoms. The molecule has 276 valence electrons. The van der Waals surface area contributed by atoms with E-state index in [4.69, 9.17) is 14.2 Å². The first kappa shape index (κ1) is 38.1. The Balaban J connectivity index is 1.02. The molecule has 8 heteroatoms. The molecule has 1 saturated heterocycles. The number of aliphatic hydroxyl groups excluding tert-OH is 3. The summed E-state index contributed by atoms with van der Waals surface area (Å²) < 4.78 is 17.3. The Labute approximate surface area is 291 Å². The number of hydrogen-bond acceptors (Lipinski definition) is 7. The van der Waals surface area contributed by atoms with Gasteiger partial charge in [0.25, 0.3) is 0 Å². The zero-order chi connectivity index (χ0) is 34.9. The van der Waals surface area contributed by atoms with Gasteiger partial charge in [0.05, 0.1) is 5.60 Å². The lowest BCUT2D eigenvalue weighted by atomic mass is 9.47. The Bertz CT molecular complexity index is 1110. The molecule has 12 atom stereocenters. The van der Waals surface area contributed by atoms with Gasteiger partial charge in [0.15, 0.2) is 6.29 Å². The van der Waals surface area contributed by atoms with Gasteiger partial charge in [-0.3, -0.25) is 0 Å². The van der Waals surface area contributed by atoms with Crippen LogP contribution in [-0.4, -0.2) is 70.9 Å². The van der Waals surface area contributed by atoms with Crippen LogP contribution in [0.25, 0.3) is 0 Å². The van der Waals surface area contributed by atoms with Gasteiger partial charge >= 0.3 is 6.09 Å². The molecule has 0 spiro atoms. The Morgan fingerprint density at radius 1 is 0.938 bits per heavy atom. The highest BCUT2D eigenvalue weighted by Crippen LogP contribution is 2.67. The van der Waals surface area contributed by atoms with Crippen LogP contribution in [0.5, 0.6) is 0 Å². The number of ether oxygens (including phenoxy) is 3. The van der Waals surface area contributed by atoms with Gasteiger partial charge in [0.1, 0.15) is 24.4 Å². The highest BCUT2D eigenvalue weighted by atomic mass is 16.7. The fourth-order valence-corrected chi connectivity index (χ4v) is 11.1. The number of unbranched alkanes of at least 4 members (excludes halogenated alkanes) is 2. The van der Waals surface area contributed by atoms with Crippen molar-refractivity contribution in [2.45, 2.75) is 175 Å². The maximum atomic E-state index is 12.7. The lowest BCUT2D eigenvalue weighted by molar-refractivity contribution is -0.323. The van der Waals surface area contributed by atoms with Crippen LogP contribution >= 0.6 is 0 Å². The molecule has 1 heterocycles. The number of hydrogen-bond donors (Lipinski definition) is 4. The molecule has 4 fully saturated rings. The highest BCUT2D eigenvalue weighted by Gasteiger charge is 2.59. The Morgan fingerprint density at radius 2 is 1.71 bits per heavy atom. The van der Waals surface area contributed by atoms with E-state index < -0.39 is 30.2 Å². The third kappa shape index (κ3) is 7.98. The monoisotopic (exact) mass is 676 g/mol. The third-order valence-electron chi connectivity index (χ3n) is 14.0. The number of alkyl carbamates (subject to hydrolysis) is 1. The van der Waals surface area contributed by atoms with E-state index in [2.05, 4.69) is 46.0 Å². The summed E-state index contributed by atoms with van der Waals surface area (Å²) in [4.78, 5) is 12.7. The number of allylic oxidation sites excluding steroid dienone is 1. The lowest BCUT2D eigenvalue weighted by Gasteiger charge is -2.58. The number of rotatable bonds is 13. The van der Waals surface area contributed by atoms with Crippen LogP contribution in [0, 0.1) is 46.3 Å². The SMILES string of the molecule is CC(C)CCCC(C)C1CCC2C3CC=C4CC(OC(=O)NCCCCCOC5OC(C)(C)[C@@H](O)C(O)C5O)CC[C@]4(C)C3CC[C@]12C. The van der Waals surface area contributed by atoms with Gasteiger partial charge < -0.3 is 34.8 Å². The van der Waals surface area contributed by atoms with Crippen LogP contribution in [0.1, 0.15) is 138 Å². The van der Waals surface area contributed by atoms with E-state index in [9.17, 15) is 20.1 Å². The summed E-state index contributed by atoms with van der Waals surface area (Å²) in [5.41, 5.74) is 1.29. The van der Waals surface area contributed by atoms with Crippen molar-refractivity contribution in [3.05, 3.63) is 11.6 Å². The number of carbonyl (C=O) groups excluding carboxylic acids is 1. The summed E-state index contributed by atoms with van der Waals surface area (Å²) in [6.45, 7) is 16.7. The molecule has 0 aromatic carbocycles. The van der Waals surface area contributed by atoms with Gasteiger partial charge in [-0.1, -0.05) is 65.5 Å². The average molecular weight is 676 g/mol. The molecule has 5 rings (SSSR count). The standard InChI is InChI=1S/C40H69NO7/c1-25(2)12-11-13-26(3)30-16-17-31-29-15-14-27-24-28(18-20-39(27,6)32(29)19-21-40(30,31)7)47-37(45)41-22-9-8-10-23-46-36-34(43)33(42)35(44)38(4,5)48-36/h14,25-26,28-36,42-44H,8-13,15-24H2,1-7H3,(H,41,45)/t26?,28?,29?,30?,31?,32?,33?,34?,35-,36?,39-,40+/m0/s1. The van der Waals surface area contributed by atoms with Crippen molar-refractivity contribution < 1.29 is 34.3 Å². The van der Waals surface area contributed by atoms with Gasteiger partial charge in [-0.2, -0.15) is 0 Å². The average Bonchev–Trinajstić information content (AvgIpc) is 3.39. The fraction of sp³-hybridized carbons (Fsp3) is 0.925. The normalized spacial score (nSPS) is 41.1. The molecule has 1 aliphatic heterocycles. The summed E-state index contributed by atoms with van der Waals surface area (Å²) >= 11 is 0. The van der Waals surface area contributed by atoms with E-state index in [0.717, 1.165) is 74.0 Å². The van der Waals surface area contributed by atoms with E-state index in [1.165, 1.54) is 51.4 Å². The Kier molecular flexibility index (Phi) is 12.4. The minimum absolute atomic E-state index is 0.0503. The van der Waals surface area contributed by atoms with E-state index in [1.807, 2.05) is 0 Å². The predicted octanol–water partition coefficient (Wildman–Crippen LogP) is 7.53. The second-order valence-electron chi connectivity index (χ2n) is 17.9. The third-order valence-corrected chi connectivity index (χ3v) is 14.0. The Hall–Kier alpha value is -1.19. The zero-order valence-electron chi connectivity index (χ0n) is 31.2. The summed E-state index contributed by atoms with van der Waals surface area (Å²) in [6, 6.07) is 0. The minimum Gasteiger partial charge on any atom is -0.446 e. The predicted molar refractivity (Wildman–Crippen MR) is 188 cm³/mol. The maximum Gasteiger partial charge on any atom is 0.407 e. The minimum atomic E-state index is -1.32. The van der Waals surface area contributed by atoms with Gasteiger partial charge in [-0.15, -0.1) is 0 Å². The van der Waals surface area contributed by atoms with E-state index in [-0.39, 0.29) is 17.6 Å². The largest absolute Gasteiger partial charge is 0.446 e. The number of fused-ring (bicyclic) bond motifs is 5. The molecular weight excluding hydrogens is 606 g/mol. The summed E-state index contributed by atoms with van der Waals surface area (Å²) in [5, 5.41) is 33.3. The molecule has 4 aliphatic carbocycles. The van der Waals surface area contributed by atoms with Crippen molar-refractivity contribution in [1.82, 2.24) is 5.32 Å². The lowest BCUT2D eigenvalue weighted by Crippen LogP contribution is -2.62. The van der Waals surface area contributed by atoms with E-state index in [0.29, 0.717) is 18.6 Å². The second-order valence-corrected chi connectivity index (χ2v) is 17.9. The molecule has 3 saturated carbocycles. The number of amides is 1. The molecule has 5 aliphatic rings. The van der Waals surface area contributed by atoms with Crippen LogP contribution in [0.4, 0.5) is 4.79 Å².